The van der Waals surface area contributed by atoms with E-state index in [1.165, 1.54) is 24.3 Å². The molecule has 0 bridgehead atoms. The molecule has 34 heavy (non-hydrogen) atoms. The summed E-state index contributed by atoms with van der Waals surface area (Å²) in [6.45, 7) is 2.95. The number of carbonyl (C=O) groups excluding carboxylic acids is 2. The third-order valence-corrected chi connectivity index (χ3v) is 5.52. The number of ether oxygens (including phenoxy) is 2. The van der Waals surface area contributed by atoms with Crippen LogP contribution in [0.3, 0.4) is 0 Å². The van der Waals surface area contributed by atoms with E-state index in [-0.39, 0.29) is 23.8 Å². The average molecular weight is 526 g/mol. The maximum atomic E-state index is 12.7. The molecule has 0 aromatic heterocycles. The average Bonchev–Trinajstić information content (AvgIpc) is 2.80. The molecule has 10 heteroatoms. The number of halogens is 1. The molecule has 0 radical (unpaired) electrons. The second kappa shape index (κ2) is 10.7. The minimum absolute atomic E-state index is 0.0269. The van der Waals surface area contributed by atoms with Crippen LogP contribution in [-0.2, 0) is 4.79 Å². The molecule has 0 saturated heterocycles. The van der Waals surface area contributed by atoms with Gasteiger partial charge in [0.15, 0.2) is 6.61 Å². The zero-order valence-corrected chi connectivity index (χ0v) is 19.9. The Morgan fingerprint density at radius 3 is 2.24 bits per heavy atom. The van der Waals surface area contributed by atoms with Gasteiger partial charge in [-0.2, -0.15) is 5.10 Å². The summed E-state index contributed by atoms with van der Waals surface area (Å²) in [5.74, 6) is 5.08. The predicted molar refractivity (Wildman–Crippen MR) is 129 cm³/mol. The lowest BCUT2D eigenvalue weighted by molar-refractivity contribution is -0.385. The maximum absolute atomic E-state index is 12.7. The summed E-state index contributed by atoms with van der Waals surface area (Å²) in [5, 5.41) is 14.6. The van der Waals surface area contributed by atoms with Gasteiger partial charge in [-0.05, 0) is 77.3 Å². The smallest absolute Gasteiger partial charge is 0.344 e. The van der Waals surface area contributed by atoms with E-state index in [0.717, 1.165) is 0 Å². The zero-order chi connectivity index (χ0) is 24.8. The lowest BCUT2D eigenvalue weighted by atomic mass is 10.1. The van der Waals surface area contributed by atoms with Crippen LogP contribution in [0.15, 0.2) is 70.2 Å². The van der Waals surface area contributed by atoms with Gasteiger partial charge in [0.2, 0.25) is 5.78 Å². The van der Waals surface area contributed by atoms with Gasteiger partial charge in [-0.25, -0.2) is 4.79 Å². The third kappa shape index (κ3) is 5.65. The van der Waals surface area contributed by atoms with Crippen LogP contribution in [0.2, 0.25) is 0 Å². The molecule has 0 aliphatic rings. The number of aryl methyl sites for hydroxylation is 2. The largest absolute Gasteiger partial charge is 0.485 e. The fourth-order valence-electron chi connectivity index (χ4n) is 3.24. The first-order valence-electron chi connectivity index (χ1n) is 9.98. The Labute approximate surface area is 203 Å². The van der Waals surface area contributed by atoms with E-state index in [1.54, 1.807) is 50.2 Å². The Bertz CT molecular complexity index is 1270. The van der Waals surface area contributed by atoms with Crippen molar-refractivity contribution in [2.24, 2.45) is 10.9 Å². The second-order valence-electron chi connectivity index (χ2n) is 7.25. The number of nitrogens with two attached hydrogens (primary N) is 1. The van der Waals surface area contributed by atoms with Crippen LogP contribution in [0.5, 0.6) is 11.5 Å². The number of esters is 1. The van der Waals surface area contributed by atoms with Gasteiger partial charge in [0.05, 0.1) is 10.5 Å². The summed E-state index contributed by atoms with van der Waals surface area (Å²) < 4.78 is 11.6. The lowest BCUT2D eigenvalue weighted by Gasteiger charge is -2.12. The van der Waals surface area contributed by atoms with Crippen molar-refractivity contribution < 1.29 is 24.0 Å². The van der Waals surface area contributed by atoms with Gasteiger partial charge >= 0.3 is 5.97 Å². The molecular formula is C24H20BrN3O6. The normalized spacial score (nSPS) is 11.1. The Balaban J connectivity index is 1.68. The topological polar surface area (TPSA) is 134 Å². The molecule has 0 aliphatic carbocycles. The Hall–Kier alpha value is -4.05. The maximum Gasteiger partial charge on any atom is 0.344 e. The van der Waals surface area contributed by atoms with Gasteiger partial charge in [-0.1, -0.05) is 12.1 Å². The number of non-ortho nitro benzene ring substituents is 1. The molecule has 3 rings (SSSR count). The molecule has 0 atom stereocenters. The van der Waals surface area contributed by atoms with E-state index in [9.17, 15) is 19.7 Å². The molecule has 9 nitrogen and oxygen atoms in total. The number of nitro benzene ring substituents is 1. The summed E-state index contributed by atoms with van der Waals surface area (Å²) in [6.07, 6.45) is 0. The van der Waals surface area contributed by atoms with Gasteiger partial charge in [0, 0.05) is 22.2 Å². The number of hydrazone groups is 1. The van der Waals surface area contributed by atoms with Crippen LogP contribution in [0.4, 0.5) is 5.69 Å². The van der Waals surface area contributed by atoms with E-state index in [1.807, 2.05) is 0 Å². The first-order valence-corrected chi connectivity index (χ1v) is 10.8. The molecule has 2 N–H and O–H groups in total. The number of benzene rings is 3. The van der Waals surface area contributed by atoms with Gasteiger partial charge in [0.1, 0.15) is 17.2 Å². The molecule has 0 spiro atoms. The van der Waals surface area contributed by atoms with Gasteiger partial charge in [-0.3, -0.25) is 14.9 Å². The molecule has 0 saturated carbocycles. The van der Waals surface area contributed by atoms with Crippen LogP contribution in [0, 0.1) is 24.0 Å². The fraction of sp³-hybridized carbons (Fsp3) is 0.125. The number of hydrogen-bond donors (Lipinski definition) is 1. The molecule has 0 unspecified atom stereocenters. The van der Waals surface area contributed by atoms with Gasteiger partial charge < -0.3 is 15.3 Å². The summed E-state index contributed by atoms with van der Waals surface area (Å²) in [6, 6.07) is 15.8. The molecule has 0 heterocycles. The quantitative estimate of drug-likeness (QED) is 0.114. The Morgan fingerprint density at radius 2 is 1.68 bits per heavy atom. The highest BCUT2D eigenvalue weighted by molar-refractivity contribution is 9.10. The highest BCUT2D eigenvalue weighted by Gasteiger charge is 2.19. The number of carbonyl (C=O) groups is 2. The van der Waals surface area contributed by atoms with Crippen LogP contribution < -0.4 is 15.3 Å². The monoisotopic (exact) mass is 525 g/mol. The Kier molecular flexibility index (Phi) is 7.75. The minimum Gasteiger partial charge on any atom is -0.485 e. The number of rotatable bonds is 8. The summed E-state index contributed by atoms with van der Waals surface area (Å²) >= 11 is 3.31. The lowest BCUT2D eigenvalue weighted by Crippen LogP contribution is -2.24. The summed E-state index contributed by atoms with van der Waals surface area (Å²) in [5.41, 5.74) is 1.76. The number of nitro groups is 1. The van der Waals surface area contributed by atoms with E-state index in [4.69, 9.17) is 15.3 Å². The Morgan fingerprint density at radius 1 is 1.06 bits per heavy atom. The molecule has 3 aromatic carbocycles. The van der Waals surface area contributed by atoms with E-state index in [0.29, 0.717) is 32.5 Å². The summed E-state index contributed by atoms with van der Waals surface area (Å²) in [4.78, 5) is 35.5. The predicted octanol–water partition coefficient (Wildman–Crippen LogP) is 4.50. The standard InChI is InChI=1S/C24H20BrN3O6/c1-14-11-17(28(31)32)12-15(2)23(14)33-13-21(29)22(27-26)16-7-9-18(10-8-16)34-24(30)19-5-3-4-6-20(19)25/h3-12H,13,26H2,1-2H3/b27-22+. The van der Waals surface area contributed by atoms with Crippen molar-refractivity contribution in [3.8, 4) is 11.5 Å². The van der Waals surface area contributed by atoms with E-state index < -0.39 is 16.7 Å². The van der Waals surface area contributed by atoms with Crippen LogP contribution in [0.25, 0.3) is 0 Å². The molecular weight excluding hydrogens is 506 g/mol. The van der Waals surface area contributed by atoms with Crippen molar-refractivity contribution in [3.63, 3.8) is 0 Å². The molecule has 3 aromatic rings. The molecule has 174 valence electrons. The second-order valence-corrected chi connectivity index (χ2v) is 8.10. The first kappa shape index (κ1) is 24.6. The SMILES string of the molecule is Cc1cc([N+](=O)[O-])cc(C)c1OCC(=O)/C(=N/N)c1ccc(OC(=O)c2ccccc2Br)cc1. The van der Waals surface area contributed by atoms with Crippen LogP contribution >= 0.6 is 15.9 Å². The van der Waals surface area contributed by atoms with Crippen molar-refractivity contribution in [3.05, 3.63) is 97.5 Å². The van der Waals surface area contributed by atoms with Crippen molar-refractivity contribution in [1.82, 2.24) is 0 Å². The highest BCUT2D eigenvalue weighted by Crippen LogP contribution is 2.28. The number of ketones is 1. The first-order chi connectivity index (χ1) is 16.2. The molecule has 0 amide bonds. The van der Waals surface area contributed by atoms with Crippen LogP contribution in [-0.4, -0.2) is 29.0 Å². The third-order valence-electron chi connectivity index (χ3n) is 4.83. The van der Waals surface area contributed by atoms with E-state index in [2.05, 4.69) is 21.0 Å². The van der Waals surface area contributed by atoms with Crippen molar-refractivity contribution in [1.29, 1.82) is 0 Å². The van der Waals surface area contributed by atoms with Crippen molar-refractivity contribution in [2.75, 3.05) is 6.61 Å². The number of hydrogen-bond acceptors (Lipinski definition) is 8. The van der Waals surface area contributed by atoms with Gasteiger partial charge in [-0.15, -0.1) is 0 Å². The fourth-order valence-corrected chi connectivity index (χ4v) is 3.69. The molecule has 0 aliphatic heterocycles. The van der Waals surface area contributed by atoms with E-state index >= 15 is 0 Å². The minimum atomic E-state index is -0.536. The zero-order valence-electron chi connectivity index (χ0n) is 18.3. The van der Waals surface area contributed by atoms with Crippen LogP contribution in [0.1, 0.15) is 27.0 Å². The molecule has 0 fully saturated rings. The van der Waals surface area contributed by atoms with Crippen molar-refractivity contribution in [2.45, 2.75) is 13.8 Å². The summed E-state index contributed by atoms with van der Waals surface area (Å²) in [7, 11) is 0. The van der Waals surface area contributed by atoms with Crippen molar-refractivity contribution >= 4 is 39.1 Å². The number of nitrogens with zero attached hydrogens (tertiary/aromatic N) is 2. The van der Waals surface area contributed by atoms with Gasteiger partial charge in [0.25, 0.3) is 5.69 Å². The highest BCUT2D eigenvalue weighted by atomic mass is 79.9. The number of Topliss-reactive ketones (excluding diaryl/α,β-unsaturated/α-hetero) is 1.